The van der Waals surface area contributed by atoms with Crippen LogP contribution in [0, 0.1) is 12.8 Å². The number of hydrogen-bond donors (Lipinski definition) is 1. The molecular weight excluding hydrogens is 392 g/mol. The van der Waals surface area contributed by atoms with E-state index in [1.54, 1.807) is 25.7 Å². The van der Waals surface area contributed by atoms with Crippen LogP contribution in [0.3, 0.4) is 0 Å². The fourth-order valence-electron chi connectivity index (χ4n) is 4.19. The highest BCUT2D eigenvalue weighted by Gasteiger charge is 2.33. The number of ether oxygens (including phenoxy) is 1. The van der Waals surface area contributed by atoms with Crippen molar-refractivity contribution >= 4 is 11.7 Å². The van der Waals surface area contributed by atoms with Gasteiger partial charge >= 0.3 is 0 Å². The number of nitrogens with zero attached hydrogens (tertiary/aromatic N) is 5. The molecular formula is C23H28N6O2. The Morgan fingerprint density at radius 2 is 2.03 bits per heavy atom. The number of piperidine rings is 1. The van der Waals surface area contributed by atoms with E-state index in [0.717, 1.165) is 24.9 Å². The van der Waals surface area contributed by atoms with Crippen LogP contribution in [0.15, 0.2) is 48.9 Å². The monoisotopic (exact) mass is 420 g/mol. The summed E-state index contributed by atoms with van der Waals surface area (Å²) in [6.45, 7) is 5.51. The highest BCUT2D eigenvalue weighted by Crippen LogP contribution is 2.28. The van der Waals surface area contributed by atoms with Crippen molar-refractivity contribution < 1.29 is 9.53 Å². The second kappa shape index (κ2) is 9.16. The second-order valence-corrected chi connectivity index (χ2v) is 7.96. The van der Waals surface area contributed by atoms with Crippen molar-refractivity contribution in [2.45, 2.75) is 32.7 Å². The number of amides is 1. The molecule has 0 bridgehead atoms. The Morgan fingerprint density at radius 1 is 1.23 bits per heavy atom. The zero-order chi connectivity index (χ0) is 21.8. The summed E-state index contributed by atoms with van der Waals surface area (Å²) in [6, 6.07) is 9.55. The van der Waals surface area contributed by atoms with Crippen LogP contribution in [-0.4, -0.2) is 57.0 Å². The highest BCUT2D eigenvalue weighted by molar-refractivity contribution is 5.98. The van der Waals surface area contributed by atoms with Gasteiger partial charge in [0.05, 0.1) is 36.8 Å². The highest BCUT2D eigenvalue weighted by atomic mass is 16.5. The summed E-state index contributed by atoms with van der Waals surface area (Å²) in [5.41, 5.74) is 2.33. The van der Waals surface area contributed by atoms with Gasteiger partial charge in [-0.2, -0.15) is 15.0 Å². The van der Waals surface area contributed by atoms with Gasteiger partial charge in [0.1, 0.15) is 0 Å². The maximum atomic E-state index is 13.7. The molecule has 162 valence electrons. The standard InChI is InChI=1S/C23H28N6O2/c1-16-8-9-19(29-26-11-12-27-29)18(14-16)23(30)28-13-5-6-17(2)20(28)15-25-22-21(31-3)7-4-10-24-22/h4,7-12,14,17,20H,5-6,13,15H2,1-3H3,(H,24,25). The topological polar surface area (TPSA) is 85.2 Å². The summed E-state index contributed by atoms with van der Waals surface area (Å²) < 4.78 is 5.40. The van der Waals surface area contributed by atoms with Crippen LogP contribution in [0.25, 0.3) is 5.69 Å². The van der Waals surface area contributed by atoms with Gasteiger partial charge in [-0.1, -0.05) is 18.6 Å². The number of carbonyl (C=O) groups excluding carboxylic acids is 1. The quantitative estimate of drug-likeness (QED) is 0.658. The van der Waals surface area contributed by atoms with Gasteiger partial charge in [0, 0.05) is 19.3 Å². The van der Waals surface area contributed by atoms with Crippen molar-refractivity contribution in [1.29, 1.82) is 0 Å². The lowest BCUT2D eigenvalue weighted by Gasteiger charge is -2.40. The summed E-state index contributed by atoms with van der Waals surface area (Å²) >= 11 is 0. The summed E-state index contributed by atoms with van der Waals surface area (Å²) in [5.74, 6) is 1.74. The predicted octanol–water partition coefficient (Wildman–Crippen LogP) is 3.33. The van der Waals surface area contributed by atoms with E-state index in [4.69, 9.17) is 4.74 Å². The van der Waals surface area contributed by atoms with E-state index in [-0.39, 0.29) is 11.9 Å². The molecule has 1 N–H and O–H groups in total. The summed E-state index contributed by atoms with van der Waals surface area (Å²) in [4.78, 5) is 21.6. The van der Waals surface area contributed by atoms with Crippen LogP contribution >= 0.6 is 0 Å². The predicted molar refractivity (Wildman–Crippen MR) is 119 cm³/mol. The molecule has 1 aliphatic heterocycles. The lowest BCUT2D eigenvalue weighted by Crippen LogP contribution is -2.51. The molecule has 3 aromatic rings. The first kappa shape index (κ1) is 20.8. The Hall–Kier alpha value is -3.42. The zero-order valence-corrected chi connectivity index (χ0v) is 18.2. The van der Waals surface area contributed by atoms with Crippen LogP contribution in [0.5, 0.6) is 5.75 Å². The van der Waals surface area contributed by atoms with Crippen LogP contribution < -0.4 is 10.1 Å². The smallest absolute Gasteiger partial charge is 0.256 e. The third-order valence-corrected chi connectivity index (χ3v) is 5.86. The zero-order valence-electron chi connectivity index (χ0n) is 18.2. The molecule has 2 atom stereocenters. The maximum Gasteiger partial charge on any atom is 0.256 e. The molecule has 4 rings (SSSR count). The van der Waals surface area contributed by atoms with Crippen LogP contribution in [0.4, 0.5) is 5.82 Å². The minimum absolute atomic E-state index is 0.00216. The van der Waals surface area contributed by atoms with Crippen LogP contribution in [0.1, 0.15) is 35.7 Å². The number of likely N-dealkylation sites (tertiary alicyclic amines) is 1. The van der Waals surface area contributed by atoms with E-state index < -0.39 is 0 Å². The number of rotatable bonds is 6. The van der Waals surface area contributed by atoms with Crippen molar-refractivity contribution in [3.05, 3.63) is 60.0 Å². The van der Waals surface area contributed by atoms with E-state index in [2.05, 4.69) is 27.4 Å². The van der Waals surface area contributed by atoms with Gasteiger partial charge in [0.2, 0.25) is 0 Å². The molecule has 1 aliphatic rings. The van der Waals surface area contributed by atoms with Gasteiger partial charge in [-0.25, -0.2) is 4.98 Å². The fraction of sp³-hybridized carbons (Fsp3) is 0.391. The average molecular weight is 421 g/mol. The number of hydrogen-bond acceptors (Lipinski definition) is 6. The first-order valence-electron chi connectivity index (χ1n) is 10.6. The van der Waals surface area contributed by atoms with Gasteiger partial charge in [-0.15, -0.1) is 0 Å². The number of methoxy groups -OCH3 is 1. The molecule has 3 heterocycles. The molecule has 2 unspecified atom stereocenters. The number of pyridine rings is 1. The molecule has 0 radical (unpaired) electrons. The van der Waals surface area contributed by atoms with Crippen LogP contribution in [-0.2, 0) is 0 Å². The van der Waals surface area contributed by atoms with E-state index in [1.165, 1.54) is 4.80 Å². The van der Waals surface area contributed by atoms with Crippen molar-refractivity contribution in [2.24, 2.45) is 5.92 Å². The van der Waals surface area contributed by atoms with Gasteiger partial charge in [-0.05, 0) is 49.9 Å². The molecule has 1 fully saturated rings. The largest absolute Gasteiger partial charge is 0.493 e. The summed E-state index contributed by atoms with van der Waals surface area (Å²) in [5, 5.41) is 11.9. The van der Waals surface area contributed by atoms with Crippen molar-refractivity contribution in [1.82, 2.24) is 24.9 Å². The Labute approximate surface area is 182 Å². The Balaban J connectivity index is 1.61. The van der Waals surface area contributed by atoms with Gasteiger partial charge < -0.3 is 15.0 Å². The number of benzene rings is 1. The normalized spacial score (nSPS) is 18.6. The molecule has 0 saturated carbocycles. The number of nitrogens with one attached hydrogen (secondary N) is 1. The molecule has 31 heavy (non-hydrogen) atoms. The molecule has 1 aromatic carbocycles. The molecule has 0 spiro atoms. The van der Waals surface area contributed by atoms with Gasteiger partial charge in [0.15, 0.2) is 11.6 Å². The fourth-order valence-corrected chi connectivity index (χ4v) is 4.19. The first-order valence-corrected chi connectivity index (χ1v) is 10.6. The first-order chi connectivity index (χ1) is 15.1. The third-order valence-electron chi connectivity index (χ3n) is 5.86. The van der Waals surface area contributed by atoms with Crippen LogP contribution in [0.2, 0.25) is 0 Å². The molecule has 1 amide bonds. The molecule has 8 nitrogen and oxygen atoms in total. The minimum Gasteiger partial charge on any atom is -0.493 e. The van der Waals surface area contributed by atoms with Gasteiger partial charge in [-0.3, -0.25) is 4.79 Å². The van der Waals surface area contributed by atoms with E-state index >= 15 is 0 Å². The second-order valence-electron chi connectivity index (χ2n) is 7.96. The van der Waals surface area contributed by atoms with E-state index in [0.29, 0.717) is 35.3 Å². The number of aryl methyl sites for hydroxylation is 1. The number of aromatic nitrogens is 4. The van der Waals surface area contributed by atoms with Gasteiger partial charge in [0.25, 0.3) is 5.91 Å². The average Bonchev–Trinajstić information content (AvgIpc) is 3.32. The molecule has 2 aromatic heterocycles. The molecule has 0 aliphatic carbocycles. The SMILES string of the molecule is COc1cccnc1NCC1C(C)CCCN1C(=O)c1cc(C)ccc1-n1nccn1. The Morgan fingerprint density at radius 3 is 2.81 bits per heavy atom. The summed E-state index contributed by atoms with van der Waals surface area (Å²) in [6.07, 6.45) is 7.02. The summed E-state index contributed by atoms with van der Waals surface area (Å²) in [7, 11) is 1.63. The van der Waals surface area contributed by atoms with E-state index in [9.17, 15) is 4.79 Å². The Bertz CT molecular complexity index is 1040. The van der Waals surface area contributed by atoms with Crippen molar-refractivity contribution in [2.75, 3.05) is 25.5 Å². The lowest BCUT2D eigenvalue weighted by molar-refractivity contribution is 0.0539. The number of carbonyl (C=O) groups is 1. The minimum atomic E-state index is 0.00216. The lowest BCUT2D eigenvalue weighted by atomic mass is 9.89. The van der Waals surface area contributed by atoms with Crippen molar-refractivity contribution in [3.8, 4) is 11.4 Å². The Kier molecular flexibility index (Phi) is 6.16. The maximum absolute atomic E-state index is 13.7. The molecule has 8 heteroatoms. The molecule has 1 saturated heterocycles. The third kappa shape index (κ3) is 4.38. The van der Waals surface area contributed by atoms with Crippen molar-refractivity contribution in [3.63, 3.8) is 0 Å². The van der Waals surface area contributed by atoms with E-state index in [1.807, 2.05) is 42.2 Å². The number of anilines is 1.